The summed E-state index contributed by atoms with van der Waals surface area (Å²) in [6.07, 6.45) is 0. The molecule has 0 spiro atoms. The summed E-state index contributed by atoms with van der Waals surface area (Å²) in [5, 5.41) is 4.06. The molecule has 0 unspecified atom stereocenters. The van der Waals surface area contributed by atoms with E-state index in [0.29, 0.717) is 18.3 Å². The van der Waals surface area contributed by atoms with E-state index in [2.05, 4.69) is 15.1 Å². The number of nitrogens with zero attached hydrogens (tertiary/aromatic N) is 3. The molecule has 0 radical (unpaired) electrons. The van der Waals surface area contributed by atoms with Gasteiger partial charge in [0.25, 0.3) is 5.89 Å². The van der Waals surface area contributed by atoms with Crippen molar-refractivity contribution in [2.45, 2.75) is 20.4 Å². The Balaban J connectivity index is 1.99. The molecule has 0 saturated carbocycles. The average molecular weight is 280 g/mol. The first kappa shape index (κ1) is 13.5. The Morgan fingerprint density at radius 2 is 1.76 bits per heavy atom. The van der Waals surface area contributed by atoms with Crippen molar-refractivity contribution in [3.05, 3.63) is 53.3 Å². The molecule has 2 heterocycles. The topological polar surface area (TPSA) is 77.8 Å². The SMILES string of the molecule is Cc1cc(-c2noc(-c3cccc(CN)c3)n2)cc(C)n1. The van der Waals surface area contributed by atoms with Gasteiger partial charge in [0.15, 0.2) is 0 Å². The molecule has 0 saturated heterocycles. The number of hydrogen-bond acceptors (Lipinski definition) is 5. The predicted molar refractivity (Wildman–Crippen MR) is 80.3 cm³/mol. The van der Waals surface area contributed by atoms with Gasteiger partial charge in [-0.3, -0.25) is 4.98 Å². The van der Waals surface area contributed by atoms with Gasteiger partial charge < -0.3 is 10.3 Å². The first-order chi connectivity index (χ1) is 10.2. The molecule has 3 rings (SSSR count). The van der Waals surface area contributed by atoms with E-state index in [0.717, 1.165) is 28.1 Å². The Bertz CT molecular complexity index is 759. The van der Waals surface area contributed by atoms with Crippen LogP contribution in [-0.2, 0) is 6.54 Å². The van der Waals surface area contributed by atoms with Crippen LogP contribution in [0.2, 0.25) is 0 Å². The largest absolute Gasteiger partial charge is 0.334 e. The highest BCUT2D eigenvalue weighted by Gasteiger charge is 2.11. The summed E-state index contributed by atoms with van der Waals surface area (Å²) >= 11 is 0. The van der Waals surface area contributed by atoms with Crippen LogP contribution in [0, 0.1) is 13.8 Å². The minimum absolute atomic E-state index is 0.484. The third-order valence-corrected chi connectivity index (χ3v) is 3.18. The first-order valence-corrected chi connectivity index (χ1v) is 6.74. The molecule has 1 aromatic carbocycles. The molecule has 2 aromatic heterocycles. The van der Waals surface area contributed by atoms with Crippen molar-refractivity contribution in [2.75, 3.05) is 0 Å². The van der Waals surface area contributed by atoms with E-state index >= 15 is 0 Å². The smallest absolute Gasteiger partial charge is 0.258 e. The fraction of sp³-hybridized carbons (Fsp3) is 0.188. The number of nitrogens with two attached hydrogens (primary N) is 1. The van der Waals surface area contributed by atoms with Gasteiger partial charge >= 0.3 is 0 Å². The van der Waals surface area contributed by atoms with Crippen LogP contribution in [0.1, 0.15) is 17.0 Å². The number of rotatable bonds is 3. The van der Waals surface area contributed by atoms with E-state index in [4.69, 9.17) is 10.3 Å². The van der Waals surface area contributed by atoms with Gasteiger partial charge in [-0.15, -0.1) is 0 Å². The zero-order valence-corrected chi connectivity index (χ0v) is 12.0. The molecule has 0 fully saturated rings. The Labute approximate surface area is 122 Å². The summed E-state index contributed by atoms with van der Waals surface area (Å²) in [5.41, 5.74) is 10.3. The predicted octanol–water partition coefficient (Wildman–Crippen LogP) is 2.87. The molecule has 0 bridgehead atoms. The fourth-order valence-corrected chi connectivity index (χ4v) is 2.25. The van der Waals surface area contributed by atoms with Crippen LogP contribution in [0.5, 0.6) is 0 Å². The van der Waals surface area contributed by atoms with Crippen molar-refractivity contribution >= 4 is 0 Å². The van der Waals surface area contributed by atoms with Crippen molar-refractivity contribution in [3.63, 3.8) is 0 Å². The van der Waals surface area contributed by atoms with E-state index in [-0.39, 0.29) is 0 Å². The Morgan fingerprint density at radius 3 is 2.48 bits per heavy atom. The molecule has 0 aliphatic carbocycles. The van der Waals surface area contributed by atoms with Crippen LogP contribution >= 0.6 is 0 Å². The van der Waals surface area contributed by atoms with Gasteiger partial charge in [-0.1, -0.05) is 17.3 Å². The highest BCUT2D eigenvalue weighted by Crippen LogP contribution is 2.23. The molecule has 5 nitrogen and oxygen atoms in total. The van der Waals surface area contributed by atoms with Crippen LogP contribution in [-0.4, -0.2) is 15.1 Å². The maximum absolute atomic E-state index is 5.65. The molecular formula is C16H16N4O. The molecule has 0 atom stereocenters. The van der Waals surface area contributed by atoms with Crippen molar-refractivity contribution in [1.29, 1.82) is 0 Å². The molecule has 3 aromatic rings. The van der Waals surface area contributed by atoms with E-state index in [1.807, 2.05) is 50.2 Å². The van der Waals surface area contributed by atoms with Crippen molar-refractivity contribution in [3.8, 4) is 22.8 Å². The summed E-state index contributed by atoms with van der Waals surface area (Å²) in [5.74, 6) is 1.06. The van der Waals surface area contributed by atoms with Crippen molar-refractivity contribution in [2.24, 2.45) is 5.73 Å². The van der Waals surface area contributed by atoms with E-state index in [1.165, 1.54) is 0 Å². The number of pyridine rings is 1. The highest BCUT2D eigenvalue weighted by atomic mass is 16.5. The third kappa shape index (κ3) is 2.83. The van der Waals surface area contributed by atoms with Gasteiger partial charge in [-0.25, -0.2) is 0 Å². The summed E-state index contributed by atoms with van der Waals surface area (Å²) in [4.78, 5) is 8.81. The Morgan fingerprint density at radius 1 is 1.00 bits per heavy atom. The van der Waals surface area contributed by atoms with Crippen molar-refractivity contribution in [1.82, 2.24) is 15.1 Å². The molecule has 5 heteroatoms. The van der Waals surface area contributed by atoms with Gasteiger partial charge in [0, 0.05) is 29.1 Å². The maximum atomic E-state index is 5.65. The van der Waals surface area contributed by atoms with Gasteiger partial charge in [-0.05, 0) is 43.7 Å². The monoisotopic (exact) mass is 280 g/mol. The molecule has 0 amide bonds. The third-order valence-electron chi connectivity index (χ3n) is 3.18. The number of aryl methyl sites for hydroxylation is 2. The lowest BCUT2D eigenvalue weighted by molar-refractivity contribution is 0.432. The average Bonchev–Trinajstić information content (AvgIpc) is 2.96. The molecule has 2 N–H and O–H groups in total. The lowest BCUT2D eigenvalue weighted by atomic mass is 10.1. The van der Waals surface area contributed by atoms with Gasteiger partial charge in [-0.2, -0.15) is 4.98 Å². The first-order valence-electron chi connectivity index (χ1n) is 6.74. The van der Waals surface area contributed by atoms with Crippen molar-refractivity contribution < 1.29 is 4.52 Å². The second-order valence-electron chi connectivity index (χ2n) is 4.97. The minimum atomic E-state index is 0.484. The molecular weight excluding hydrogens is 264 g/mol. The Kier molecular flexibility index (Phi) is 3.50. The summed E-state index contributed by atoms with van der Waals surface area (Å²) < 4.78 is 5.36. The molecule has 0 aliphatic rings. The number of benzene rings is 1. The van der Waals surface area contributed by atoms with Crippen LogP contribution in [0.25, 0.3) is 22.8 Å². The van der Waals surface area contributed by atoms with E-state index in [1.54, 1.807) is 0 Å². The summed E-state index contributed by atoms with van der Waals surface area (Å²) in [6, 6.07) is 11.7. The lowest BCUT2D eigenvalue weighted by Gasteiger charge is -1.99. The molecule has 21 heavy (non-hydrogen) atoms. The molecule has 106 valence electrons. The van der Waals surface area contributed by atoms with Crippen LogP contribution < -0.4 is 5.73 Å². The lowest BCUT2D eigenvalue weighted by Crippen LogP contribution is -1.95. The zero-order valence-electron chi connectivity index (χ0n) is 12.0. The Hall–Kier alpha value is -2.53. The standard InChI is InChI=1S/C16H16N4O/c1-10-6-14(7-11(2)18-10)15-19-16(21-20-15)13-5-3-4-12(8-13)9-17/h3-8H,9,17H2,1-2H3. The van der Waals surface area contributed by atoms with Gasteiger partial charge in [0.05, 0.1) is 0 Å². The summed E-state index contributed by atoms with van der Waals surface area (Å²) in [6.45, 7) is 4.38. The molecule has 0 aliphatic heterocycles. The zero-order chi connectivity index (χ0) is 14.8. The van der Waals surface area contributed by atoms with E-state index in [9.17, 15) is 0 Å². The summed E-state index contributed by atoms with van der Waals surface area (Å²) in [7, 11) is 0. The minimum Gasteiger partial charge on any atom is -0.334 e. The van der Waals surface area contributed by atoms with Crippen LogP contribution in [0.4, 0.5) is 0 Å². The quantitative estimate of drug-likeness (QED) is 0.798. The fourth-order valence-electron chi connectivity index (χ4n) is 2.25. The number of aromatic nitrogens is 3. The highest BCUT2D eigenvalue weighted by molar-refractivity contribution is 5.60. The van der Waals surface area contributed by atoms with E-state index < -0.39 is 0 Å². The van der Waals surface area contributed by atoms with Gasteiger partial charge in [0.1, 0.15) is 0 Å². The normalized spacial score (nSPS) is 10.8. The second-order valence-corrected chi connectivity index (χ2v) is 4.97. The second kappa shape index (κ2) is 5.46. The van der Waals surface area contributed by atoms with Crippen LogP contribution in [0.3, 0.4) is 0 Å². The maximum Gasteiger partial charge on any atom is 0.258 e. The number of hydrogen-bond donors (Lipinski definition) is 1. The van der Waals surface area contributed by atoms with Crippen LogP contribution in [0.15, 0.2) is 40.9 Å². The van der Waals surface area contributed by atoms with Gasteiger partial charge in [0.2, 0.25) is 5.82 Å².